The Balaban J connectivity index is 1.38. The third kappa shape index (κ3) is 3.50. The van der Waals surface area contributed by atoms with Crippen LogP contribution in [-0.4, -0.2) is 25.7 Å². The normalized spacial score (nSPS) is 12.6. The second-order valence-electron chi connectivity index (χ2n) is 5.70. The summed E-state index contributed by atoms with van der Waals surface area (Å²) in [6, 6.07) is 19.1. The molecule has 0 spiro atoms. The van der Waals surface area contributed by atoms with Crippen LogP contribution in [0.4, 0.5) is 5.69 Å². The smallest absolute Gasteiger partial charge is 0.262 e. The quantitative estimate of drug-likeness (QED) is 0.791. The highest BCUT2D eigenvalue weighted by Gasteiger charge is 2.13. The predicted molar refractivity (Wildman–Crippen MR) is 95.5 cm³/mol. The molecule has 1 N–H and O–H groups in total. The van der Waals surface area contributed by atoms with Crippen molar-refractivity contribution in [2.75, 3.05) is 25.1 Å². The molecule has 3 aromatic rings. The van der Waals surface area contributed by atoms with Gasteiger partial charge in [-0.05, 0) is 35.0 Å². The van der Waals surface area contributed by atoms with Gasteiger partial charge in [0.1, 0.15) is 19.0 Å². The first-order valence-electron chi connectivity index (χ1n) is 8.09. The number of rotatable bonds is 4. The van der Waals surface area contributed by atoms with Crippen LogP contribution in [0.2, 0.25) is 0 Å². The molecule has 1 heterocycles. The third-order valence-corrected chi connectivity index (χ3v) is 3.92. The molecule has 0 fully saturated rings. The maximum atomic E-state index is 12.1. The Bertz CT molecular complexity index is 922. The van der Waals surface area contributed by atoms with Gasteiger partial charge in [0.25, 0.3) is 5.91 Å². The van der Waals surface area contributed by atoms with Gasteiger partial charge < -0.3 is 19.5 Å². The molecule has 5 heteroatoms. The van der Waals surface area contributed by atoms with Crippen molar-refractivity contribution in [1.29, 1.82) is 0 Å². The Hall–Kier alpha value is -3.21. The Morgan fingerprint density at radius 3 is 2.60 bits per heavy atom. The van der Waals surface area contributed by atoms with E-state index < -0.39 is 0 Å². The lowest BCUT2D eigenvalue weighted by Gasteiger charge is -2.19. The molecule has 4 rings (SSSR count). The lowest BCUT2D eigenvalue weighted by Crippen LogP contribution is -2.20. The number of carbonyl (C=O) groups excluding carboxylic acids is 1. The van der Waals surface area contributed by atoms with E-state index in [1.807, 2.05) is 42.5 Å². The van der Waals surface area contributed by atoms with E-state index in [1.54, 1.807) is 18.2 Å². The van der Waals surface area contributed by atoms with Gasteiger partial charge >= 0.3 is 0 Å². The number of hydrogen-bond donors (Lipinski definition) is 1. The number of nitrogens with one attached hydrogen (secondary N) is 1. The van der Waals surface area contributed by atoms with E-state index in [0.29, 0.717) is 36.1 Å². The number of carbonyl (C=O) groups is 1. The summed E-state index contributed by atoms with van der Waals surface area (Å²) in [4.78, 5) is 12.1. The van der Waals surface area contributed by atoms with Crippen molar-refractivity contribution < 1.29 is 19.0 Å². The topological polar surface area (TPSA) is 56.8 Å². The van der Waals surface area contributed by atoms with Crippen LogP contribution in [-0.2, 0) is 4.79 Å². The van der Waals surface area contributed by atoms with Crippen molar-refractivity contribution in [1.82, 2.24) is 0 Å². The van der Waals surface area contributed by atoms with Gasteiger partial charge in [-0.2, -0.15) is 0 Å². The Morgan fingerprint density at radius 1 is 0.920 bits per heavy atom. The van der Waals surface area contributed by atoms with E-state index >= 15 is 0 Å². The molecule has 1 aliphatic rings. The second kappa shape index (κ2) is 6.73. The van der Waals surface area contributed by atoms with Gasteiger partial charge in [0.2, 0.25) is 0 Å². The summed E-state index contributed by atoms with van der Waals surface area (Å²) in [6.45, 7) is 0.987. The fraction of sp³-hybridized carbons (Fsp3) is 0.150. The molecule has 0 radical (unpaired) electrons. The number of anilines is 1. The summed E-state index contributed by atoms with van der Waals surface area (Å²) in [5.41, 5.74) is 0.649. The fourth-order valence-corrected chi connectivity index (χ4v) is 2.72. The molecule has 0 atom stereocenters. The molecule has 0 bridgehead atoms. The highest BCUT2D eigenvalue weighted by atomic mass is 16.6. The van der Waals surface area contributed by atoms with E-state index in [2.05, 4.69) is 5.32 Å². The maximum absolute atomic E-state index is 12.1. The Labute approximate surface area is 145 Å². The first-order chi connectivity index (χ1) is 12.3. The van der Waals surface area contributed by atoms with Crippen LogP contribution in [0, 0.1) is 0 Å². The maximum Gasteiger partial charge on any atom is 0.262 e. The van der Waals surface area contributed by atoms with Gasteiger partial charge in [0, 0.05) is 11.8 Å². The van der Waals surface area contributed by atoms with Crippen molar-refractivity contribution in [2.24, 2.45) is 0 Å². The standard InChI is InChI=1S/C20H17NO4/c22-20(21-16-6-8-18-19(12-16)24-10-9-23-18)13-25-17-7-5-14-3-1-2-4-15(14)11-17/h1-8,11-12H,9-10,13H2,(H,21,22). The molecule has 0 aliphatic carbocycles. The number of fused-ring (bicyclic) bond motifs is 2. The monoisotopic (exact) mass is 335 g/mol. The van der Waals surface area contributed by atoms with Crippen LogP contribution in [0.15, 0.2) is 60.7 Å². The third-order valence-electron chi connectivity index (χ3n) is 3.92. The van der Waals surface area contributed by atoms with Crippen molar-refractivity contribution in [2.45, 2.75) is 0 Å². The summed E-state index contributed by atoms with van der Waals surface area (Å²) in [7, 11) is 0. The first kappa shape index (κ1) is 15.3. The van der Waals surface area contributed by atoms with Gasteiger partial charge in [-0.1, -0.05) is 30.3 Å². The molecule has 3 aromatic carbocycles. The molecule has 1 amide bonds. The minimum absolute atomic E-state index is 0.0627. The number of hydrogen-bond acceptors (Lipinski definition) is 4. The summed E-state index contributed by atoms with van der Waals surface area (Å²) in [5, 5.41) is 5.01. The summed E-state index contributed by atoms with van der Waals surface area (Å²) < 4.78 is 16.6. The zero-order valence-corrected chi connectivity index (χ0v) is 13.5. The van der Waals surface area contributed by atoms with E-state index in [0.717, 1.165) is 10.8 Å². The minimum Gasteiger partial charge on any atom is -0.486 e. The highest BCUT2D eigenvalue weighted by Crippen LogP contribution is 2.32. The molecule has 126 valence electrons. The van der Waals surface area contributed by atoms with E-state index in [1.165, 1.54) is 0 Å². The average molecular weight is 335 g/mol. The van der Waals surface area contributed by atoms with Crippen LogP contribution in [0.25, 0.3) is 10.8 Å². The van der Waals surface area contributed by atoms with Crippen LogP contribution in [0.3, 0.4) is 0 Å². The van der Waals surface area contributed by atoms with E-state index in [9.17, 15) is 4.79 Å². The molecule has 1 aliphatic heterocycles. The van der Waals surface area contributed by atoms with Crippen LogP contribution >= 0.6 is 0 Å². The second-order valence-corrected chi connectivity index (χ2v) is 5.70. The predicted octanol–water partition coefficient (Wildman–Crippen LogP) is 3.63. The number of amides is 1. The van der Waals surface area contributed by atoms with E-state index in [-0.39, 0.29) is 12.5 Å². The number of ether oxygens (including phenoxy) is 3. The molecule has 0 aromatic heterocycles. The van der Waals surface area contributed by atoms with Crippen LogP contribution in [0.5, 0.6) is 17.2 Å². The van der Waals surface area contributed by atoms with Gasteiger partial charge in [0.05, 0.1) is 0 Å². The average Bonchev–Trinajstić information content (AvgIpc) is 2.66. The summed E-state index contributed by atoms with van der Waals surface area (Å²) >= 11 is 0. The number of benzene rings is 3. The lowest BCUT2D eigenvalue weighted by molar-refractivity contribution is -0.118. The minimum atomic E-state index is -0.232. The zero-order chi connectivity index (χ0) is 17.1. The van der Waals surface area contributed by atoms with Crippen molar-refractivity contribution in [3.63, 3.8) is 0 Å². The SMILES string of the molecule is O=C(COc1ccc2ccccc2c1)Nc1ccc2c(c1)OCCO2. The Kier molecular flexibility index (Phi) is 4.12. The fourth-order valence-electron chi connectivity index (χ4n) is 2.72. The first-order valence-corrected chi connectivity index (χ1v) is 8.09. The van der Waals surface area contributed by atoms with Gasteiger partial charge in [-0.3, -0.25) is 4.79 Å². The Morgan fingerprint density at radius 2 is 1.72 bits per heavy atom. The van der Waals surface area contributed by atoms with Crippen LogP contribution in [0.1, 0.15) is 0 Å². The van der Waals surface area contributed by atoms with Gasteiger partial charge in [-0.15, -0.1) is 0 Å². The largest absolute Gasteiger partial charge is 0.486 e. The molecule has 0 saturated heterocycles. The van der Waals surface area contributed by atoms with Crippen molar-refractivity contribution >= 4 is 22.4 Å². The summed E-state index contributed by atoms with van der Waals surface area (Å²) in [6.07, 6.45) is 0. The summed E-state index contributed by atoms with van der Waals surface area (Å²) in [5.74, 6) is 1.76. The lowest BCUT2D eigenvalue weighted by atomic mass is 10.1. The highest BCUT2D eigenvalue weighted by molar-refractivity contribution is 5.92. The molecule has 0 unspecified atom stereocenters. The molecule has 25 heavy (non-hydrogen) atoms. The molecular formula is C20H17NO4. The van der Waals surface area contributed by atoms with E-state index in [4.69, 9.17) is 14.2 Å². The molecular weight excluding hydrogens is 318 g/mol. The van der Waals surface area contributed by atoms with Crippen molar-refractivity contribution in [3.8, 4) is 17.2 Å². The van der Waals surface area contributed by atoms with Crippen molar-refractivity contribution in [3.05, 3.63) is 60.7 Å². The molecule has 5 nitrogen and oxygen atoms in total. The van der Waals surface area contributed by atoms with Crippen LogP contribution < -0.4 is 19.5 Å². The van der Waals surface area contributed by atoms with Gasteiger partial charge in [-0.25, -0.2) is 0 Å². The molecule has 0 saturated carbocycles. The zero-order valence-electron chi connectivity index (χ0n) is 13.5. The van der Waals surface area contributed by atoms with Gasteiger partial charge in [0.15, 0.2) is 18.1 Å².